The average molecular weight is 250 g/mol. The highest BCUT2D eigenvalue weighted by Gasteiger charge is 2.39. The number of hydrogen-bond acceptors (Lipinski definition) is 2. The van der Waals surface area contributed by atoms with Gasteiger partial charge in [0.2, 0.25) is 5.91 Å². The van der Waals surface area contributed by atoms with Crippen molar-refractivity contribution in [3.8, 4) is 0 Å². The quantitative estimate of drug-likeness (QED) is 0.818. The summed E-state index contributed by atoms with van der Waals surface area (Å²) in [6.45, 7) is 4.89. The molecule has 0 spiro atoms. The number of amides is 2. The standard InChI is InChI=1S/C13H15FN2O2/c1-8-6-9(4-5-10(8)14)16-7-11(17)15-13(2,3)12(16)18/h4-6H,7H2,1-3H3,(H,15,17). The Hall–Kier alpha value is -1.91. The van der Waals surface area contributed by atoms with E-state index in [-0.39, 0.29) is 24.2 Å². The number of rotatable bonds is 1. The van der Waals surface area contributed by atoms with Crippen LogP contribution in [-0.2, 0) is 9.59 Å². The first-order valence-corrected chi connectivity index (χ1v) is 5.70. The molecule has 18 heavy (non-hydrogen) atoms. The number of carbonyl (C=O) groups excluding carboxylic acids is 2. The first kappa shape index (κ1) is 12.5. The fourth-order valence-corrected chi connectivity index (χ4v) is 2.00. The van der Waals surface area contributed by atoms with Gasteiger partial charge in [0.05, 0.1) is 0 Å². The van der Waals surface area contributed by atoms with Crippen molar-refractivity contribution in [1.82, 2.24) is 5.32 Å². The minimum Gasteiger partial charge on any atom is -0.341 e. The highest BCUT2D eigenvalue weighted by atomic mass is 19.1. The summed E-state index contributed by atoms with van der Waals surface area (Å²) in [5.41, 5.74) is 0.0587. The molecule has 0 aromatic heterocycles. The molecule has 1 fully saturated rings. The lowest BCUT2D eigenvalue weighted by Crippen LogP contribution is -2.64. The van der Waals surface area contributed by atoms with E-state index in [4.69, 9.17) is 0 Å². The normalized spacial score (nSPS) is 18.8. The highest BCUT2D eigenvalue weighted by Crippen LogP contribution is 2.23. The van der Waals surface area contributed by atoms with Gasteiger partial charge in [-0.05, 0) is 44.5 Å². The molecular formula is C13H15FN2O2. The predicted octanol–water partition coefficient (Wildman–Crippen LogP) is 1.38. The molecule has 0 radical (unpaired) electrons. The minimum absolute atomic E-state index is 0.0344. The van der Waals surface area contributed by atoms with Gasteiger partial charge in [0.15, 0.2) is 0 Å². The van der Waals surface area contributed by atoms with Crippen LogP contribution in [0.3, 0.4) is 0 Å². The molecule has 1 aliphatic rings. The van der Waals surface area contributed by atoms with Crippen LogP contribution in [0.4, 0.5) is 10.1 Å². The van der Waals surface area contributed by atoms with E-state index < -0.39 is 5.54 Å². The monoisotopic (exact) mass is 250 g/mol. The van der Waals surface area contributed by atoms with Crippen molar-refractivity contribution in [1.29, 1.82) is 0 Å². The summed E-state index contributed by atoms with van der Waals surface area (Å²) >= 11 is 0. The van der Waals surface area contributed by atoms with Gasteiger partial charge in [-0.3, -0.25) is 9.59 Å². The molecule has 2 rings (SSSR count). The van der Waals surface area contributed by atoms with Crippen LogP contribution < -0.4 is 10.2 Å². The summed E-state index contributed by atoms with van der Waals surface area (Å²) in [4.78, 5) is 25.2. The number of carbonyl (C=O) groups is 2. The lowest BCUT2D eigenvalue weighted by Gasteiger charge is -2.37. The van der Waals surface area contributed by atoms with E-state index in [1.165, 1.54) is 17.0 Å². The average Bonchev–Trinajstić information content (AvgIpc) is 2.27. The predicted molar refractivity (Wildman–Crippen MR) is 65.7 cm³/mol. The molecule has 96 valence electrons. The van der Waals surface area contributed by atoms with Crippen LogP contribution in [0.2, 0.25) is 0 Å². The Kier molecular flexibility index (Phi) is 2.84. The SMILES string of the molecule is Cc1cc(N2CC(=O)NC(C)(C)C2=O)ccc1F. The number of piperazine rings is 1. The van der Waals surface area contributed by atoms with Gasteiger partial charge >= 0.3 is 0 Å². The molecule has 0 atom stereocenters. The third kappa shape index (κ3) is 2.08. The lowest BCUT2D eigenvalue weighted by atomic mass is 9.99. The van der Waals surface area contributed by atoms with Gasteiger partial charge in [-0.1, -0.05) is 0 Å². The Balaban J connectivity index is 2.39. The van der Waals surface area contributed by atoms with E-state index in [0.29, 0.717) is 11.3 Å². The van der Waals surface area contributed by atoms with Crippen molar-refractivity contribution in [2.45, 2.75) is 26.3 Å². The van der Waals surface area contributed by atoms with Crippen molar-refractivity contribution in [3.63, 3.8) is 0 Å². The van der Waals surface area contributed by atoms with Crippen molar-refractivity contribution in [2.24, 2.45) is 0 Å². The summed E-state index contributed by atoms with van der Waals surface area (Å²) in [5, 5.41) is 2.63. The summed E-state index contributed by atoms with van der Waals surface area (Å²) in [5.74, 6) is -0.749. The molecule has 2 amide bonds. The molecule has 1 aromatic rings. The zero-order valence-electron chi connectivity index (χ0n) is 10.6. The zero-order chi connectivity index (χ0) is 13.5. The third-order valence-corrected chi connectivity index (χ3v) is 2.99. The van der Waals surface area contributed by atoms with Crippen molar-refractivity contribution < 1.29 is 14.0 Å². The van der Waals surface area contributed by atoms with Crippen LogP contribution in [0.1, 0.15) is 19.4 Å². The van der Waals surface area contributed by atoms with Crippen LogP contribution >= 0.6 is 0 Å². The molecule has 5 heteroatoms. The van der Waals surface area contributed by atoms with Crippen molar-refractivity contribution in [3.05, 3.63) is 29.6 Å². The Bertz CT molecular complexity index is 526. The topological polar surface area (TPSA) is 49.4 Å². The third-order valence-electron chi connectivity index (χ3n) is 2.99. The maximum absolute atomic E-state index is 13.2. The Morgan fingerprint density at radius 3 is 2.61 bits per heavy atom. The molecule has 4 nitrogen and oxygen atoms in total. The van der Waals surface area contributed by atoms with E-state index in [0.717, 1.165) is 0 Å². The van der Waals surface area contributed by atoms with E-state index >= 15 is 0 Å². The smallest absolute Gasteiger partial charge is 0.252 e. The van der Waals surface area contributed by atoms with Gasteiger partial charge in [0.25, 0.3) is 5.91 Å². The second kappa shape index (κ2) is 4.08. The second-order valence-electron chi connectivity index (χ2n) is 5.00. The lowest BCUT2D eigenvalue weighted by molar-refractivity contribution is -0.134. The van der Waals surface area contributed by atoms with Gasteiger partial charge < -0.3 is 10.2 Å². The van der Waals surface area contributed by atoms with Crippen molar-refractivity contribution in [2.75, 3.05) is 11.4 Å². The second-order valence-corrected chi connectivity index (χ2v) is 5.00. The number of hydrogen-bond donors (Lipinski definition) is 1. The van der Waals surface area contributed by atoms with E-state index in [1.54, 1.807) is 26.8 Å². The number of aryl methyl sites for hydroxylation is 1. The van der Waals surface area contributed by atoms with Gasteiger partial charge in [-0.25, -0.2) is 4.39 Å². The number of anilines is 1. The molecule has 0 unspecified atom stereocenters. The van der Waals surface area contributed by atoms with E-state index in [9.17, 15) is 14.0 Å². The van der Waals surface area contributed by atoms with E-state index in [2.05, 4.69) is 5.32 Å². The minimum atomic E-state index is -0.933. The molecule has 1 saturated heterocycles. The highest BCUT2D eigenvalue weighted by molar-refractivity contribution is 6.08. The van der Waals surface area contributed by atoms with Crippen LogP contribution in [0, 0.1) is 12.7 Å². The molecule has 1 aliphatic heterocycles. The van der Waals surface area contributed by atoms with Crippen LogP contribution in [0.5, 0.6) is 0 Å². The molecule has 0 bridgehead atoms. The molecule has 1 N–H and O–H groups in total. The van der Waals surface area contributed by atoms with Crippen molar-refractivity contribution >= 4 is 17.5 Å². The van der Waals surface area contributed by atoms with Gasteiger partial charge in [-0.2, -0.15) is 0 Å². The van der Waals surface area contributed by atoms with Gasteiger partial charge in [0, 0.05) is 5.69 Å². The maximum atomic E-state index is 13.2. The van der Waals surface area contributed by atoms with Crippen LogP contribution in [-0.4, -0.2) is 23.9 Å². The Labute approximate surface area is 105 Å². The molecule has 1 heterocycles. The zero-order valence-corrected chi connectivity index (χ0v) is 10.6. The van der Waals surface area contributed by atoms with E-state index in [1.807, 2.05) is 0 Å². The number of halogens is 1. The number of benzene rings is 1. The number of nitrogens with zero attached hydrogens (tertiary/aromatic N) is 1. The van der Waals surface area contributed by atoms with Crippen LogP contribution in [0.15, 0.2) is 18.2 Å². The summed E-state index contributed by atoms with van der Waals surface area (Å²) in [6, 6.07) is 4.38. The molecule has 1 aromatic carbocycles. The molecular weight excluding hydrogens is 235 g/mol. The Morgan fingerprint density at radius 2 is 2.00 bits per heavy atom. The first-order chi connectivity index (χ1) is 8.31. The van der Waals surface area contributed by atoms with Gasteiger partial charge in [0.1, 0.15) is 17.9 Å². The summed E-state index contributed by atoms with van der Waals surface area (Å²) in [7, 11) is 0. The summed E-state index contributed by atoms with van der Waals surface area (Å²) < 4.78 is 13.2. The van der Waals surface area contributed by atoms with Gasteiger partial charge in [-0.15, -0.1) is 0 Å². The fourth-order valence-electron chi connectivity index (χ4n) is 2.00. The summed E-state index contributed by atoms with van der Waals surface area (Å²) in [6.07, 6.45) is 0. The number of nitrogens with one attached hydrogen (secondary N) is 1. The largest absolute Gasteiger partial charge is 0.341 e. The first-order valence-electron chi connectivity index (χ1n) is 5.70. The Morgan fingerprint density at radius 1 is 1.33 bits per heavy atom. The maximum Gasteiger partial charge on any atom is 0.252 e. The van der Waals surface area contributed by atoms with Crippen LogP contribution in [0.25, 0.3) is 0 Å². The molecule has 0 aliphatic carbocycles. The fraction of sp³-hybridized carbons (Fsp3) is 0.385. The molecule has 0 saturated carbocycles.